The molecule has 1 aromatic rings. The van der Waals surface area contributed by atoms with Crippen LogP contribution in [0.1, 0.15) is 39.7 Å². The number of benzene rings is 1. The maximum absolute atomic E-state index is 11.9. The maximum Gasteiger partial charge on any atom is 0.407 e. The molecule has 0 spiro atoms. The minimum atomic E-state index is -0.590. The van der Waals surface area contributed by atoms with Crippen molar-refractivity contribution in [1.82, 2.24) is 5.32 Å². The first-order valence-corrected chi connectivity index (χ1v) is 8.04. The van der Waals surface area contributed by atoms with Gasteiger partial charge in [-0.3, -0.25) is 0 Å². The van der Waals surface area contributed by atoms with Crippen molar-refractivity contribution in [2.24, 2.45) is 0 Å². The molecule has 0 saturated heterocycles. The van der Waals surface area contributed by atoms with Gasteiger partial charge in [0.1, 0.15) is 5.60 Å². The quantitative estimate of drug-likeness (QED) is 0.722. The van der Waals surface area contributed by atoms with Crippen LogP contribution in [0.25, 0.3) is 0 Å². The Hall–Kier alpha value is -1.59. The summed E-state index contributed by atoms with van der Waals surface area (Å²) < 4.78 is 10.7. The smallest absolute Gasteiger partial charge is 0.407 e. The van der Waals surface area contributed by atoms with E-state index in [2.05, 4.69) is 5.32 Å². The summed E-state index contributed by atoms with van der Waals surface area (Å²) in [7, 11) is 0. The van der Waals surface area contributed by atoms with Gasteiger partial charge in [0.2, 0.25) is 0 Å². The van der Waals surface area contributed by atoms with Crippen LogP contribution in [0.4, 0.5) is 4.79 Å². The first-order valence-electron chi connectivity index (χ1n) is 8.04. The van der Waals surface area contributed by atoms with Crippen LogP contribution in [0.3, 0.4) is 0 Å². The van der Waals surface area contributed by atoms with E-state index >= 15 is 0 Å². The summed E-state index contributed by atoms with van der Waals surface area (Å²) in [6.07, 6.45) is 0.125. The minimum Gasteiger partial charge on any atom is -0.444 e. The fraction of sp³-hybridized carbons (Fsp3) is 0.611. The highest BCUT2D eigenvalue weighted by atomic mass is 16.6. The molecule has 0 aliphatic carbocycles. The Morgan fingerprint density at radius 1 is 1.22 bits per heavy atom. The van der Waals surface area contributed by atoms with E-state index in [1.807, 2.05) is 58.0 Å². The zero-order valence-corrected chi connectivity index (χ0v) is 14.6. The van der Waals surface area contributed by atoms with Crippen LogP contribution in [-0.2, 0) is 14.9 Å². The lowest BCUT2D eigenvalue weighted by Crippen LogP contribution is -2.45. The molecule has 1 aromatic carbocycles. The van der Waals surface area contributed by atoms with Crippen LogP contribution in [-0.4, -0.2) is 43.2 Å². The molecule has 1 rings (SSSR count). The van der Waals surface area contributed by atoms with Crippen molar-refractivity contribution in [2.75, 3.05) is 26.4 Å². The molecule has 0 aliphatic heterocycles. The molecule has 5 heteroatoms. The second kappa shape index (κ2) is 8.89. The van der Waals surface area contributed by atoms with Crippen molar-refractivity contribution < 1.29 is 19.4 Å². The number of ether oxygens (including phenoxy) is 2. The first kappa shape index (κ1) is 19.5. The molecule has 0 aromatic heterocycles. The largest absolute Gasteiger partial charge is 0.444 e. The summed E-state index contributed by atoms with van der Waals surface area (Å²) in [6.45, 7) is 8.73. The van der Waals surface area contributed by atoms with Crippen molar-refractivity contribution in [1.29, 1.82) is 0 Å². The topological polar surface area (TPSA) is 67.8 Å². The van der Waals surface area contributed by atoms with Crippen LogP contribution >= 0.6 is 0 Å². The number of hydrogen-bond acceptors (Lipinski definition) is 4. The van der Waals surface area contributed by atoms with Gasteiger partial charge in [-0.2, -0.15) is 0 Å². The summed E-state index contributed by atoms with van der Waals surface area (Å²) in [5, 5.41) is 12.8. The number of carbonyl (C=O) groups is 1. The Morgan fingerprint density at radius 2 is 1.87 bits per heavy atom. The highest BCUT2D eigenvalue weighted by Gasteiger charge is 2.32. The molecule has 1 amide bonds. The SMILES string of the molecule is CCOCCC(CO)(CNC(=O)OC(C)(C)C)c1ccccc1. The van der Waals surface area contributed by atoms with E-state index in [9.17, 15) is 9.90 Å². The zero-order chi connectivity index (χ0) is 17.3. The summed E-state index contributed by atoms with van der Waals surface area (Å²) in [4.78, 5) is 11.9. The Kier molecular flexibility index (Phi) is 7.52. The standard InChI is InChI=1S/C18H29NO4/c1-5-22-12-11-18(14-20,15-9-7-6-8-10-15)13-19-16(21)23-17(2,3)4/h6-10,20H,5,11-14H2,1-4H3,(H,19,21). The van der Waals surface area contributed by atoms with Gasteiger partial charge in [-0.1, -0.05) is 30.3 Å². The third-order valence-corrected chi connectivity index (χ3v) is 3.59. The van der Waals surface area contributed by atoms with E-state index in [4.69, 9.17) is 9.47 Å². The van der Waals surface area contributed by atoms with Crippen molar-refractivity contribution in [3.63, 3.8) is 0 Å². The zero-order valence-electron chi connectivity index (χ0n) is 14.6. The maximum atomic E-state index is 11.9. The van der Waals surface area contributed by atoms with Gasteiger partial charge in [-0.25, -0.2) is 4.79 Å². The van der Waals surface area contributed by atoms with E-state index in [0.717, 1.165) is 5.56 Å². The van der Waals surface area contributed by atoms with Crippen molar-refractivity contribution in [3.8, 4) is 0 Å². The molecule has 5 nitrogen and oxygen atoms in total. The first-order chi connectivity index (χ1) is 10.8. The Bertz CT molecular complexity index is 470. The van der Waals surface area contributed by atoms with Crippen molar-refractivity contribution >= 4 is 6.09 Å². The molecule has 1 unspecified atom stereocenters. The number of alkyl carbamates (subject to hydrolysis) is 1. The molecule has 0 radical (unpaired) electrons. The van der Waals surface area contributed by atoms with E-state index < -0.39 is 17.1 Å². The molecular weight excluding hydrogens is 294 g/mol. The lowest BCUT2D eigenvalue weighted by atomic mass is 9.78. The number of hydrogen-bond donors (Lipinski definition) is 2. The third kappa shape index (κ3) is 6.59. The molecule has 2 N–H and O–H groups in total. The summed E-state index contributed by atoms with van der Waals surface area (Å²) in [5.74, 6) is 0. The summed E-state index contributed by atoms with van der Waals surface area (Å²) in [6, 6.07) is 9.69. The monoisotopic (exact) mass is 323 g/mol. The highest BCUT2D eigenvalue weighted by Crippen LogP contribution is 2.27. The highest BCUT2D eigenvalue weighted by molar-refractivity contribution is 5.67. The van der Waals surface area contributed by atoms with E-state index in [1.54, 1.807) is 0 Å². The molecule has 0 fully saturated rings. The second-order valence-corrected chi connectivity index (χ2v) is 6.61. The molecule has 23 heavy (non-hydrogen) atoms. The molecule has 0 aliphatic rings. The van der Waals surface area contributed by atoms with Gasteiger partial charge in [-0.15, -0.1) is 0 Å². The lowest BCUT2D eigenvalue weighted by Gasteiger charge is -2.33. The predicted octanol–water partition coefficient (Wildman–Crippen LogP) is 2.87. The molecule has 0 heterocycles. The Balaban J connectivity index is 2.84. The van der Waals surface area contributed by atoms with Gasteiger partial charge in [0, 0.05) is 25.2 Å². The fourth-order valence-corrected chi connectivity index (χ4v) is 2.32. The fourth-order valence-electron chi connectivity index (χ4n) is 2.32. The normalized spacial score (nSPS) is 14.1. The number of aliphatic hydroxyl groups excluding tert-OH is 1. The molecule has 1 atom stereocenters. The number of carbonyl (C=O) groups excluding carboxylic acids is 1. The number of nitrogens with one attached hydrogen (secondary N) is 1. The van der Waals surface area contributed by atoms with E-state index in [0.29, 0.717) is 19.6 Å². The molecule has 130 valence electrons. The number of rotatable bonds is 8. The van der Waals surface area contributed by atoms with Gasteiger partial charge in [0.25, 0.3) is 0 Å². The average molecular weight is 323 g/mol. The van der Waals surface area contributed by atoms with Gasteiger partial charge in [-0.05, 0) is 39.7 Å². The average Bonchev–Trinajstić information content (AvgIpc) is 2.50. The van der Waals surface area contributed by atoms with Gasteiger partial charge >= 0.3 is 6.09 Å². The van der Waals surface area contributed by atoms with Gasteiger partial charge in [0.05, 0.1) is 6.61 Å². The summed E-state index contributed by atoms with van der Waals surface area (Å²) >= 11 is 0. The van der Waals surface area contributed by atoms with E-state index in [1.165, 1.54) is 0 Å². The Morgan fingerprint density at radius 3 is 2.39 bits per heavy atom. The number of aliphatic hydroxyl groups is 1. The van der Waals surface area contributed by atoms with Crippen LogP contribution in [0.15, 0.2) is 30.3 Å². The van der Waals surface area contributed by atoms with Gasteiger partial charge in [0.15, 0.2) is 0 Å². The Labute approximate surface area is 139 Å². The van der Waals surface area contributed by atoms with Crippen molar-refractivity contribution in [3.05, 3.63) is 35.9 Å². The van der Waals surface area contributed by atoms with E-state index in [-0.39, 0.29) is 13.2 Å². The van der Waals surface area contributed by atoms with Gasteiger partial charge < -0.3 is 19.9 Å². The lowest BCUT2D eigenvalue weighted by molar-refractivity contribution is 0.0482. The predicted molar refractivity (Wildman–Crippen MR) is 90.6 cm³/mol. The summed E-state index contributed by atoms with van der Waals surface area (Å²) in [5.41, 5.74) is -0.171. The molecule has 0 saturated carbocycles. The third-order valence-electron chi connectivity index (χ3n) is 3.59. The van der Waals surface area contributed by atoms with Crippen LogP contribution in [0.2, 0.25) is 0 Å². The van der Waals surface area contributed by atoms with Crippen LogP contribution in [0.5, 0.6) is 0 Å². The number of amides is 1. The molecule has 0 bridgehead atoms. The van der Waals surface area contributed by atoms with Crippen molar-refractivity contribution in [2.45, 2.75) is 45.1 Å². The minimum absolute atomic E-state index is 0.0834. The van der Waals surface area contributed by atoms with Crippen LogP contribution in [0, 0.1) is 0 Å². The second-order valence-electron chi connectivity index (χ2n) is 6.61. The molecular formula is C18H29NO4. The van der Waals surface area contributed by atoms with Crippen LogP contribution < -0.4 is 5.32 Å².